The summed E-state index contributed by atoms with van der Waals surface area (Å²) in [6, 6.07) is -0.689. The molecule has 0 spiro atoms. The van der Waals surface area contributed by atoms with Crippen molar-refractivity contribution in [2.75, 3.05) is 13.3 Å². The number of hydrogen-bond donors (Lipinski definition) is 3. The Kier molecular flexibility index (Phi) is 8.73. The van der Waals surface area contributed by atoms with Crippen molar-refractivity contribution < 1.29 is 38.6 Å². The first-order valence-corrected chi connectivity index (χ1v) is 14.7. The van der Waals surface area contributed by atoms with Crippen LogP contribution in [0.15, 0.2) is 0 Å². The molecule has 0 radical (unpaired) electrons. The van der Waals surface area contributed by atoms with E-state index in [1.165, 1.54) is 0 Å². The molecule has 196 valence electrons. The van der Waals surface area contributed by atoms with Gasteiger partial charge in [-0.2, -0.15) is 0 Å². The first-order valence-electron chi connectivity index (χ1n) is 12.6. The van der Waals surface area contributed by atoms with Crippen LogP contribution in [-0.4, -0.2) is 97.2 Å². The van der Waals surface area contributed by atoms with Crippen LogP contribution in [0.1, 0.15) is 47.0 Å². The van der Waals surface area contributed by atoms with E-state index in [1.54, 1.807) is 0 Å². The van der Waals surface area contributed by atoms with Gasteiger partial charge in [0.15, 0.2) is 12.6 Å². The molecule has 15 unspecified atom stereocenters. The minimum atomic E-state index is -0.911. The third-order valence-electron chi connectivity index (χ3n) is 7.82. The first-order chi connectivity index (χ1) is 16.1. The third-order valence-corrected chi connectivity index (χ3v) is 8.81. The Hall–Kier alpha value is -0.190. The molecule has 10 heteroatoms. The van der Waals surface area contributed by atoms with E-state index in [9.17, 15) is 10.2 Å². The normalized spacial score (nSPS) is 52.3. The Morgan fingerprint density at radius 1 is 1.00 bits per heavy atom. The molecule has 0 aromatic heterocycles. The number of hydrogen-bond acceptors (Lipinski definition) is 9. The van der Waals surface area contributed by atoms with Crippen LogP contribution >= 0.6 is 7.55 Å². The average Bonchev–Trinajstić information content (AvgIpc) is 3.07. The van der Waals surface area contributed by atoms with Crippen LogP contribution < -0.4 is 5.73 Å². The number of aliphatic hydroxyl groups is 2. The molecular formula is C24H43NO8P+. The lowest BCUT2D eigenvalue weighted by molar-refractivity contribution is -0.332. The summed E-state index contributed by atoms with van der Waals surface area (Å²) in [5, 5.41) is 21.5. The molecule has 3 saturated heterocycles. The zero-order chi connectivity index (χ0) is 24.7. The Morgan fingerprint density at radius 2 is 1.74 bits per heavy atom. The summed E-state index contributed by atoms with van der Waals surface area (Å²) < 4.78 is 37.0. The smallest absolute Gasteiger partial charge is 0.324 e. The Bertz CT molecular complexity index is 714. The highest BCUT2D eigenvalue weighted by atomic mass is 31.1. The van der Waals surface area contributed by atoms with Crippen molar-refractivity contribution in [2.45, 2.75) is 114 Å². The minimum absolute atomic E-state index is 0.0432. The van der Waals surface area contributed by atoms with Crippen molar-refractivity contribution in [3.63, 3.8) is 0 Å². The van der Waals surface area contributed by atoms with Gasteiger partial charge in [-0.25, -0.2) is 0 Å². The van der Waals surface area contributed by atoms with Gasteiger partial charge in [-0.1, -0.05) is 27.7 Å². The second-order valence-corrected chi connectivity index (χ2v) is 12.6. The van der Waals surface area contributed by atoms with Crippen molar-refractivity contribution >= 4 is 13.8 Å². The molecule has 4 aliphatic rings. The quantitative estimate of drug-likeness (QED) is 0.463. The molecule has 1 saturated carbocycles. The van der Waals surface area contributed by atoms with E-state index < -0.39 is 50.6 Å². The van der Waals surface area contributed by atoms with Crippen LogP contribution in [0.5, 0.6) is 0 Å². The number of aliphatic hydroxyl groups excluding tert-OH is 2. The molecule has 0 amide bonds. The maximum Gasteiger partial charge on any atom is 0.324 e. The molecule has 0 aromatic carbocycles. The van der Waals surface area contributed by atoms with Crippen molar-refractivity contribution in [1.82, 2.24) is 0 Å². The predicted octanol–water partition coefficient (Wildman–Crippen LogP) is 1.61. The predicted molar refractivity (Wildman–Crippen MR) is 129 cm³/mol. The number of fused-ring (bicyclic) bond motifs is 1. The highest BCUT2D eigenvalue weighted by molar-refractivity contribution is 7.55. The highest BCUT2D eigenvalue weighted by Crippen LogP contribution is 2.40. The molecule has 9 nitrogen and oxygen atoms in total. The zero-order valence-corrected chi connectivity index (χ0v) is 21.9. The molecule has 15 atom stereocenters. The molecular weight excluding hydrogens is 461 g/mol. The summed E-state index contributed by atoms with van der Waals surface area (Å²) in [5.74, 6) is 0.0374. The summed E-state index contributed by atoms with van der Waals surface area (Å²) in [7, 11) is -0.602. The van der Waals surface area contributed by atoms with Crippen LogP contribution in [0, 0.1) is 17.8 Å². The van der Waals surface area contributed by atoms with Gasteiger partial charge in [0.1, 0.15) is 26.4 Å². The zero-order valence-electron chi connectivity index (χ0n) is 21.0. The summed E-state index contributed by atoms with van der Waals surface area (Å²) in [5.41, 5.74) is 6.25. The molecule has 0 aromatic rings. The second kappa shape index (κ2) is 11.1. The number of rotatable bonds is 6. The maximum absolute atomic E-state index is 11.0. The second-order valence-electron chi connectivity index (χ2n) is 10.7. The lowest BCUT2D eigenvalue weighted by atomic mass is 9.80. The van der Waals surface area contributed by atoms with Gasteiger partial charge in [0, 0.05) is 18.4 Å². The van der Waals surface area contributed by atoms with Crippen LogP contribution in [-0.2, 0) is 28.4 Å². The maximum atomic E-state index is 11.0. The molecule has 1 aliphatic carbocycles. The molecule has 4 fully saturated rings. The van der Waals surface area contributed by atoms with Crippen LogP contribution in [0.4, 0.5) is 0 Å². The summed E-state index contributed by atoms with van der Waals surface area (Å²) in [6.07, 6.45) is 1.72. The van der Waals surface area contributed by atoms with Gasteiger partial charge in [0.05, 0.1) is 43.4 Å². The van der Waals surface area contributed by atoms with E-state index in [0.29, 0.717) is 25.9 Å². The average molecular weight is 505 g/mol. The van der Waals surface area contributed by atoms with E-state index in [2.05, 4.69) is 20.1 Å². The van der Waals surface area contributed by atoms with Gasteiger partial charge in [0.2, 0.25) is 0 Å². The standard InChI is InChI=1S/C24H43NO8P/c1-7-15-18(26)13(4)23(30-15)32-22-19(27)14(25)8-11(2)21(22)31-17-9-12(3)20-16(29-17)10-28-24(33-20)34(5)6/h11-24,26-27H,5,7-10,25H2,1-4,6H3/q+1. The van der Waals surface area contributed by atoms with E-state index in [4.69, 9.17) is 34.2 Å². The van der Waals surface area contributed by atoms with Gasteiger partial charge in [0.25, 0.3) is 0 Å². The fraction of sp³-hybridized carbons (Fsp3) is 0.958. The van der Waals surface area contributed by atoms with Gasteiger partial charge < -0.3 is 44.4 Å². The topological polar surface area (TPSA) is 122 Å². The highest BCUT2D eigenvalue weighted by Gasteiger charge is 2.51. The van der Waals surface area contributed by atoms with Gasteiger partial charge in [-0.15, -0.1) is 0 Å². The fourth-order valence-electron chi connectivity index (χ4n) is 5.69. The lowest BCUT2D eigenvalue weighted by Gasteiger charge is -2.47. The van der Waals surface area contributed by atoms with E-state index >= 15 is 0 Å². The van der Waals surface area contributed by atoms with Crippen molar-refractivity contribution in [1.29, 1.82) is 0 Å². The Morgan fingerprint density at radius 3 is 2.38 bits per heavy atom. The van der Waals surface area contributed by atoms with E-state index in [0.717, 1.165) is 0 Å². The van der Waals surface area contributed by atoms with E-state index in [1.807, 2.05) is 20.5 Å². The van der Waals surface area contributed by atoms with Crippen LogP contribution in [0.3, 0.4) is 0 Å². The largest absolute Gasteiger partial charge is 0.390 e. The van der Waals surface area contributed by atoms with Gasteiger partial charge >= 0.3 is 6.03 Å². The van der Waals surface area contributed by atoms with Crippen molar-refractivity contribution in [3.8, 4) is 0 Å². The van der Waals surface area contributed by atoms with Crippen LogP contribution in [0.25, 0.3) is 0 Å². The fourth-order valence-corrected chi connectivity index (χ4v) is 6.38. The Labute approximate surface area is 203 Å². The van der Waals surface area contributed by atoms with Gasteiger partial charge in [-0.3, -0.25) is 0 Å². The van der Waals surface area contributed by atoms with E-state index in [-0.39, 0.29) is 42.1 Å². The van der Waals surface area contributed by atoms with Crippen LogP contribution in [0.2, 0.25) is 0 Å². The van der Waals surface area contributed by atoms with Gasteiger partial charge in [-0.05, 0) is 24.7 Å². The monoisotopic (exact) mass is 504 g/mol. The molecule has 3 heterocycles. The summed E-state index contributed by atoms with van der Waals surface area (Å²) in [4.78, 5) is 0. The first kappa shape index (κ1) is 26.9. The molecule has 4 N–H and O–H groups in total. The summed E-state index contributed by atoms with van der Waals surface area (Å²) >= 11 is 0. The molecule has 34 heavy (non-hydrogen) atoms. The third kappa shape index (κ3) is 5.40. The molecule has 4 rings (SSSR count). The van der Waals surface area contributed by atoms with Crippen molar-refractivity contribution in [3.05, 3.63) is 0 Å². The summed E-state index contributed by atoms with van der Waals surface area (Å²) in [6.45, 7) is 10.5. The lowest BCUT2D eigenvalue weighted by Crippen LogP contribution is -2.61. The van der Waals surface area contributed by atoms with Crippen molar-refractivity contribution in [2.24, 2.45) is 23.5 Å². The number of nitrogens with two attached hydrogens (primary N) is 1. The molecule has 0 bridgehead atoms. The molecule has 3 aliphatic heterocycles. The Balaban J connectivity index is 1.44. The minimum Gasteiger partial charge on any atom is -0.390 e. The number of ether oxygens (including phenoxy) is 6. The SMILES string of the molecule is C=[P+](C)C1OCC2OC(OC3C(C)CC(N)C(O)C3OC3OC(CC)C(O)C3C)CC(C)C2O1.